The van der Waals surface area contributed by atoms with Crippen LogP contribution in [-0.4, -0.2) is 14.5 Å². The lowest BCUT2D eigenvalue weighted by Crippen LogP contribution is -2.19. The fourth-order valence-corrected chi connectivity index (χ4v) is 2.15. The van der Waals surface area contributed by atoms with Crippen LogP contribution in [0.15, 0.2) is 58.0 Å². The SMILES string of the molecule is O=c1ccc([N+](=O)[O-])cn1Cc1ncc(-c2ccc(Cl)cc2)o1. The van der Waals surface area contributed by atoms with Gasteiger partial charge in [0.05, 0.1) is 17.3 Å². The van der Waals surface area contributed by atoms with Crippen molar-refractivity contribution in [1.82, 2.24) is 9.55 Å². The van der Waals surface area contributed by atoms with Crippen LogP contribution in [-0.2, 0) is 6.54 Å². The standard InChI is InChI=1S/C15H10ClN3O4/c16-11-3-1-10(2-4-11)13-7-17-14(23-13)9-18-8-12(19(21)22)5-6-15(18)20/h1-8H,9H2. The molecule has 0 spiro atoms. The van der Waals surface area contributed by atoms with E-state index in [4.69, 9.17) is 16.0 Å². The second kappa shape index (κ2) is 6.05. The molecule has 3 rings (SSSR count). The number of benzene rings is 1. The number of pyridine rings is 1. The van der Waals surface area contributed by atoms with Crippen LogP contribution in [0.1, 0.15) is 5.89 Å². The lowest BCUT2D eigenvalue weighted by atomic mass is 10.2. The van der Waals surface area contributed by atoms with Gasteiger partial charge in [0.15, 0.2) is 5.76 Å². The summed E-state index contributed by atoms with van der Waals surface area (Å²) in [7, 11) is 0. The largest absolute Gasteiger partial charge is 0.439 e. The molecule has 0 saturated heterocycles. The Morgan fingerprint density at radius 3 is 2.65 bits per heavy atom. The third-order valence-corrected chi connectivity index (χ3v) is 3.42. The van der Waals surface area contributed by atoms with Gasteiger partial charge in [-0.05, 0) is 24.3 Å². The van der Waals surface area contributed by atoms with E-state index < -0.39 is 4.92 Å². The van der Waals surface area contributed by atoms with E-state index in [0.717, 1.165) is 23.9 Å². The van der Waals surface area contributed by atoms with Crippen molar-refractivity contribution in [2.45, 2.75) is 6.54 Å². The Hall–Kier alpha value is -2.93. The first kappa shape index (κ1) is 15.0. The second-order valence-corrected chi connectivity index (χ2v) is 5.17. The molecule has 0 saturated carbocycles. The molecule has 116 valence electrons. The predicted molar refractivity (Wildman–Crippen MR) is 83.4 cm³/mol. The van der Waals surface area contributed by atoms with Crippen LogP contribution in [0.5, 0.6) is 0 Å². The van der Waals surface area contributed by atoms with E-state index >= 15 is 0 Å². The molecule has 0 aliphatic carbocycles. The summed E-state index contributed by atoms with van der Waals surface area (Å²) < 4.78 is 6.76. The van der Waals surface area contributed by atoms with E-state index in [0.29, 0.717) is 10.8 Å². The summed E-state index contributed by atoms with van der Waals surface area (Å²) in [5, 5.41) is 11.4. The highest BCUT2D eigenvalue weighted by Gasteiger charge is 2.11. The summed E-state index contributed by atoms with van der Waals surface area (Å²) in [6, 6.07) is 9.32. The number of hydrogen-bond donors (Lipinski definition) is 0. The summed E-state index contributed by atoms with van der Waals surface area (Å²) in [5.41, 5.74) is 0.246. The maximum absolute atomic E-state index is 11.8. The highest BCUT2D eigenvalue weighted by atomic mass is 35.5. The van der Waals surface area contributed by atoms with Gasteiger partial charge in [-0.1, -0.05) is 11.6 Å². The van der Waals surface area contributed by atoms with Gasteiger partial charge in [0.1, 0.15) is 6.54 Å². The van der Waals surface area contributed by atoms with Crippen molar-refractivity contribution in [3.63, 3.8) is 0 Å². The average Bonchev–Trinajstić information content (AvgIpc) is 2.98. The van der Waals surface area contributed by atoms with E-state index in [2.05, 4.69) is 4.98 Å². The highest BCUT2D eigenvalue weighted by Crippen LogP contribution is 2.22. The molecule has 2 heterocycles. The maximum atomic E-state index is 11.8. The molecule has 0 atom stereocenters. The number of oxazole rings is 1. The topological polar surface area (TPSA) is 91.2 Å². The Kier molecular flexibility index (Phi) is 3.94. The van der Waals surface area contributed by atoms with Gasteiger partial charge in [0.2, 0.25) is 5.89 Å². The van der Waals surface area contributed by atoms with Crippen molar-refractivity contribution in [3.05, 3.63) is 80.2 Å². The van der Waals surface area contributed by atoms with Gasteiger partial charge in [-0.15, -0.1) is 0 Å². The number of rotatable bonds is 4. The monoisotopic (exact) mass is 331 g/mol. The van der Waals surface area contributed by atoms with E-state index in [1.54, 1.807) is 24.3 Å². The molecular weight excluding hydrogens is 322 g/mol. The van der Waals surface area contributed by atoms with Gasteiger partial charge in [-0.25, -0.2) is 4.98 Å². The van der Waals surface area contributed by atoms with Gasteiger partial charge in [-0.2, -0.15) is 0 Å². The van der Waals surface area contributed by atoms with Gasteiger partial charge >= 0.3 is 0 Å². The summed E-state index contributed by atoms with van der Waals surface area (Å²) in [5.74, 6) is 0.799. The number of aromatic nitrogens is 2. The third kappa shape index (κ3) is 3.29. The minimum Gasteiger partial charge on any atom is -0.439 e. The number of nitrogens with zero attached hydrogens (tertiary/aromatic N) is 3. The molecule has 0 fully saturated rings. The van der Waals surface area contributed by atoms with Crippen LogP contribution >= 0.6 is 11.6 Å². The molecule has 0 N–H and O–H groups in total. The van der Waals surface area contributed by atoms with Gasteiger partial charge in [0, 0.05) is 22.7 Å². The van der Waals surface area contributed by atoms with Crippen molar-refractivity contribution in [2.24, 2.45) is 0 Å². The molecule has 8 heteroatoms. The van der Waals surface area contributed by atoms with Gasteiger partial charge < -0.3 is 4.42 Å². The zero-order valence-corrected chi connectivity index (χ0v) is 12.4. The van der Waals surface area contributed by atoms with Crippen LogP contribution in [0, 0.1) is 10.1 Å². The first-order valence-corrected chi connectivity index (χ1v) is 6.96. The first-order valence-electron chi connectivity index (χ1n) is 6.58. The Balaban J connectivity index is 1.87. The van der Waals surface area contributed by atoms with Crippen LogP contribution < -0.4 is 5.56 Å². The van der Waals surface area contributed by atoms with Gasteiger partial charge in [-0.3, -0.25) is 19.5 Å². The summed E-state index contributed by atoms with van der Waals surface area (Å²) >= 11 is 5.83. The predicted octanol–water partition coefficient (Wildman–Crippen LogP) is 3.11. The third-order valence-electron chi connectivity index (χ3n) is 3.17. The number of hydrogen-bond acceptors (Lipinski definition) is 5. The van der Waals surface area contributed by atoms with Crippen LogP contribution in [0.4, 0.5) is 5.69 Å². The van der Waals surface area contributed by atoms with Crippen molar-refractivity contribution in [2.75, 3.05) is 0 Å². The lowest BCUT2D eigenvalue weighted by Gasteiger charge is -2.02. The van der Waals surface area contributed by atoms with E-state index in [1.165, 1.54) is 10.8 Å². The van der Waals surface area contributed by atoms with Crippen molar-refractivity contribution in [1.29, 1.82) is 0 Å². The second-order valence-electron chi connectivity index (χ2n) is 4.74. The molecule has 1 aromatic carbocycles. The van der Waals surface area contributed by atoms with Crippen LogP contribution in [0.25, 0.3) is 11.3 Å². The molecule has 2 aromatic heterocycles. The molecule has 7 nitrogen and oxygen atoms in total. The lowest BCUT2D eigenvalue weighted by molar-refractivity contribution is -0.385. The quantitative estimate of drug-likeness (QED) is 0.541. The molecule has 0 aliphatic heterocycles. The molecule has 0 bridgehead atoms. The molecular formula is C15H10ClN3O4. The zero-order valence-electron chi connectivity index (χ0n) is 11.7. The Bertz CT molecular complexity index is 915. The van der Waals surface area contributed by atoms with E-state index in [-0.39, 0.29) is 23.7 Å². The van der Waals surface area contributed by atoms with E-state index in [9.17, 15) is 14.9 Å². The zero-order chi connectivity index (χ0) is 16.4. The number of halogens is 1. The van der Waals surface area contributed by atoms with Crippen molar-refractivity contribution < 1.29 is 9.34 Å². The van der Waals surface area contributed by atoms with E-state index in [1.807, 2.05) is 0 Å². The molecule has 0 unspecified atom stereocenters. The minimum atomic E-state index is -0.565. The Labute approximate surface area is 134 Å². The van der Waals surface area contributed by atoms with Crippen molar-refractivity contribution >= 4 is 17.3 Å². The molecule has 23 heavy (non-hydrogen) atoms. The first-order chi connectivity index (χ1) is 11.0. The molecule has 0 amide bonds. The smallest absolute Gasteiger partial charge is 0.285 e. The van der Waals surface area contributed by atoms with Crippen LogP contribution in [0.2, 0.25) is 5.02 Å². The van der Waals surface area contributed by atoms with Gasteiger partial charge in [0.25, 0.3) is 11.2 Å². The fourth-order valence-electron chi connectivity index (χ4n) is 2.03. The summed E-state index contributed by atoms with van der Waals surface area (Å²) in [6.45, 7) is 0.00804. The normalized spacial score (nSPS) is 10.7. The fraction of sp³-hybridized carbons (Fsp3) is 0.0667. The minimum absolute atomic E-state index is 0.00804. The maximum Gasteiger partial charge on any atom is 0.285 e. The Morgan fingerprint density at radius 1 is 1.22 bits per heavy atom. The summed E-state index contributed by atoms with van der Waals surface area (Å²) in [6.07, 6.45) is 2.69. The molecule has 0 aliphatic rings. The summed E-state index contributed by atoms with van der Waals surface area (Å²) in [4.78, 5) is 26.1. The van der Waals surface area contributed by atoms with Crippen LogP contribution in [0.3, 0.4) is 0 Å². The van der Waals surface area contributed by atoms with Crippen molar-refractivity contribution in [3.8, 4) is 11.3 Å². The highest BCUT2D eigenvalue weighted by molar-refractivity contribution is 6.30. The molecule has 3 aromatic rings. The number of nitro groups is 1. The average molecular weight is 332 g/mol. The molecule has 0 radical (unpaired) electrons. The Morgan fingerprint density at radius 2 is 1.96 bits per heavy atom.